The smallest absolute Gasteiger partial charge is 0.261 e. The fraction of sp³-hybridized carbons (Fsp3) is 0.381. The molecule has 0 N–H and O–H groups in total. The van der Waals surface area contributed by atoms with Crippen molar-refractivity contribution in [3.05, 3.63) is 52.5 Å². The van der Waals surface area contributed by atoms with E-state index < -0.39 is 0 Å². The average Bonchev–Trinajstić information content (AvgIpc) is 3.13. The minimum atomic E-state index is 0.0229. The molecule has 0 atom stereocenters. The zero-order chi connectivity index (χ0) is 20.1. The third-order valence-corrected chi connectivity index (χ3v) is 5.73. The predicted molar refractivity (Wildman–Crippen MR) is 111 cm³/mol. The standard InChI is InChI=1S/C21H23N7O/c1-13-11-28-20(14(2)23-13)24-19(25-28)15-4-5-17-18(10-15)22-12-27(21(17)29)16-6-8-26(3)9-7-16/h4-5,10-12,16H,6-9H2,1-3H3. The number of aromatic nitrogens is 6. The molecule has 0 saturated carbocycles. The van der Waals surface area contributed by atoms with E-state index in [1.165, 1.54) is 0 Å². The second-order valence-electron chi connectivity index (χ2n) is 7.89. The molecule has 0 bridgehead atoms. The maximum atomic E-state index is 13.0. The molecule has 1 aliphatic heterocycles. The van der Waals surface area contributed by atoms with Gasteiger partial charge in [0.1, 0.15) is 0 Å². The Bertz CT molecular complexity index is 1280. The van der Waals surface area contributed by atoms with E-state index in [-0.39, 0.29) is 11.6 Å². The Labute approximate surface area is 167 Å². The van der Waals surface area contributed by atoms with E-state index in [2.05, 4.69) is 32.0 Å². The second kappa shape index (κ2) is 6.73. The highest BCUT2D eigenvalue weighted by molar-refractivity contribution is 5.82. The van der Waals surface area contributed by atoms with Crippen molar-refractivity contribution < 1.29 is 0 Å². The third-order valence-electron chi connectivity index (χ3n) is 5.73. The summed E-state index contributed by atoms with van der Waals surface area (Å²) in [6.07, 6.45) is 5.50. The number of nitrogens with zero attached hydrogens (tertiary/aromatic N) is 7. The van der Waals surface area contributed by atoms with Crippen molar-refractivity contribution >= 4 is 16.6 Å². The summed E-state index contributed by atoms with van der Waals surface area (Å²) in [5, 5.41) is 5.21. The monoisotopic (exact) mass is 389 g/mol. The number of piperidine rings is 1. The molecular weight excluding hydrogens is 366 g/mol. The lowest BCUT2D eigenvalue weighted by Gasteiger charge is -2.30. The van der Waals surface area contributed by atoms with Gasteiger partial charge in [-0.15, -0.1) is 5.10 Å². The Morgan fingerprint density at radius 1 is 1.10 bits per heavy atom. The molecule has 0 aliphatic carbocycles. The van der Waals surface area contributed by atoms with E-state index in [1.807, 2.05) is 38.2 Å². The molecule has 29 heavy (non-hydrogen) atoms. The lowest BCUT2D eigenvalue weighted by molar-refractivity contribution is 0.218. The number of likely N-dealkylation sites (tertiary alicyclic amines) is 1. The van der Waals surface area contributed by atoms with Crippen LogP contribution in [0.5, 0.6) is 0 Å². The van der Waals surface area contributed by atoms with Crippen molar-refractivity contribution in [1.29, 1.82) is 0 Å². The van der Waals surface area contributed by atoms with Gasteiger partial charge in [0.05, 0.1) is 34.8 Å². The van der Waals surface area contributed by atoms with Crippen LogP contribution in [0.25, 0.3) is 27.9 Å². The normalized spacial score (nSPS) is 16.1. The van der Waals surface area contributed by atoms with Crippen molar-refractivity contribution in [2.75, 3.05) is 20.1 Å². The molecule has 1 fully saturated rings. The van der Waals surface area contributed by atoms with Crippen molar-refractivity contribution in [3.8, 4) is 11.4 Å². The Morgan fingerprint density at radius 3 is 2.69 bits per heavy atom. The van der Waals surface area contributed by atoms with Crippen LogP contribution in [-0.4, -0.2) is 54.2 Å². The SMILES string of the molecule is Cc1cn2nc(-c3ccc4c(=O)n(C5CCN(C)CC5)cnc4c3)nc2c(C)n1. The molecule has 3 aromatic heterocycles. The van der Waals surface area contributed by atoms with E-state index in [1.54, 1.807) is 15.4 Å². The van der Waals surface area contributed by atoms with E-state index in [9.17, 15) is 4.79 Å². The number of rotatable bonds is 2. The average molecular weight is 389 g/mol. The minimum absolute atomic E-state index is 0.0229. The van der Waals surface area contributed by atoms with Crippen LogP contribution < -0.4 is 5.56 Å². The highest BCUT2D eigenvalue weighted by Gasteiger charge is 2.20. The van der Waals surface area contributed by atoms with Crippen LogP contribution in [-0.2, 0) is 0 Å². The molecule has 0 unspecified atom stereocenters. The molecule has 0 spiro atoms. The first-order valence-electron chi connectivity index (χ1n) is 9.90. The van der Waals surface area contributed by atoms with E-state index >= 15 is 0 Å². The molecule has 0 radical (unpaired) electrons. The fourth-order valence-corrected chi connectivity index (χ4v) is 4.11. The number of benzene rings is 1. The van der Waals surface area contributed by atoms with Crippen LogP contribution in [0, 0.1) is 13.8 Å². The quantitative estimate of drug-likeness (QED) is 0.524. The topological polar surface area (TPSA) is 81.2 Å². The summed E-state index contributed by atoms with van der Waals surface area (Å²) in [5.74, 6) is 0.601. The van der Waals surface area contributed by atoms with Gasteiger partial charge in [0, 0.05) is 11.6 Å². The molecule has 0 amide bonds. The summed E-state index contributed by atoms with van der Waals surface area (Å²) in [6.45, 7) is 5.86. The summed E-state index contributed by atoms with van der Waals surface area (Å²) >= 11 is 0. The van der Waals surface area contributed by atoms with Crippen molar-refractivity contribution in [3.63, 3.8) is 0 Å². The highest BCUT2D eigenvalue weighted by Crippen LogP contribution is 2.23. The maximum absolute atomic E-state index is 13.0. The van der Waals surface area contributed by atoms with Crippen LogP contribution in [0.3, 0.4) is 0 Å². The number of fused-ring (bicyclic) bond motifs is 2. The number of hydrogen-bond donors (Lipinski definition) is 0. The lowest BCUT2D eigenvalue weighted by atomic mass is 10.0. The first-order chi connectivity index (χ1) is 14.0. The molecule has 148 valence electrons. The van der Waals surface area contributed by atoms with Gasteiger partial charge in [-0.2, -0.15) is 0 Å². The molecule has 1 aliphatic rings. The summed E-state index contributed by atoms with van der Waals surface area (Å²) in [4.78, 5) is 29.0. The first-order valence-corrected chi connectivity index (χ1v) is 9.90. The number of aryl methyl sites for hydroxylation is 2. The van der Waals surface area contributed by atoms with Crippen LogP contribution in [0.15, 0.2) is 35.5 Å². The lowest BCUT2D eigenvalue weighted by Crippen LogP contribution is -2.35. The Balaban J connectivity index is 1.55. The summed E-state index contributed by atoms with van der Waals surface area (Å²) in [5.41, 5.74) is 3.99. The molecule has 1 saturated heterocycles. The number of hydrogen-bond acceptors (Lipinski definition) is 6. The van der Waals surface area contributed by atoms with Gasteiger partial charge < -0.3 is 4.90 Å². The van der Waals surface area contributed by atoms with E-state index in [4.69, 9.17) is 0 Å². The van der Waals surface area contributed by atoms with Gasteiger partial charge in [0.2, 0.25) is 0 Å². The fourth-order valence-electron chi connectivity index (χ4n) is 4.11. The molecule has 4 heterocycles. The zero-order valence-corrected chi connectivity index (χ0v) is 16.8. The van der Waals surface area contributed by atoms with Gasteiger partial charge >= 0.3 is 0 Å². The largest absolute Gasteiger partial charge is 0.306 e. The van der Waals surface area contributed by atoms with Crippen molar-refractivity contribution in [2.24, 2.45) is 0 Å². The van der Waals surface area contributed by atoms with Crippen molar-refractivity contribution in [1.82, 2.24) is 34.0 Å². The molecule has 5 rings (SSSR count). The third kappa shape index (κ3) is 3.09. The van der Waals surface area contributed by atoms with Gasteiger partial charge in [-0.1, -0.05) is 6.07 Å². The van der Waals surface area contributed by atoms with Gasteiger partial charge in [0.15, 0.2) is 11.5 Å². The molecule has 4 aromatic rings. The van der Waals surface area contributed by atoms with Crippen LogP contribution in [0.2, 0.25) is 0 Å². The highest BCUT2D eigenvalue weighted by atomic mass is 16.1. The summed E-state index contributed by atoms with van der Waals surface area (Å²) in [6, 6.07) is 5.84. The Morgan fingerprint density at radius 2 is 1.90 bits per heavy atom. The first kappa shape index (κ1) is 17.9. The summed E-state index contributed by atoms with van der Waals surface area (Å²) in [7, 11) is 2.12. The van der Waals surface area contributed by atoms with E-state index in [0.717, 1.165) is 48.5 Å². The van der Waals surface area contributed by atoms with Gasteiger partial charge in [-0.3, -0.25) is 14.3 Å². The van der Waals surface area contributed by atoms with Crippen LogP contribution >= 0.6 is 0 Å². The second-order valence-corrected chi connectivity index (χ2v) is 7.89. The van der Waals surface area contributed by atoms with Gasteiger partial charge in [0.25, 0.3) is 5.56 Å². The molecule has 8 nitrogen and oxygen atoms in total. The zero-order valence-electron chi connectivity index (χ0n) is 16.8. The van der Waals surface area contributed by atoms with Crippen LogP contribution in [0.1, 0.15) is 30.3 Å². The molecule has 8 heteroatoms. The van der Waals surface area contributed by atoms with Crippen molar-refractivity contribution in [2.45, 2.75) is 32.7 Å². The summed E-state index contributed by atoms with van der Waals surface area (Å²) < 4.78 is 3.55. The predicted octanol–water partition coefficient (Wildman–Crippen LogP) is 2.38. The Kier molecular flexibility index (Phi) is 4.16. The van der Waals surface area contributed by atoms with E-state index in [0.29, 0.717) is 16.7 Å². The molecular formula is C21H23N7O. The van der Waals surface area contributed by atoms with Crippen LogP contribution in [0.4, 0.5) is 0 Å². The Hall–Kier alpha value is -3.13. The molecule has 1 aromatic carbocycles. The maximum Gasteiger partial charge on any atom is 0.261 e. The van der Waals surface area contributed by atoms with Gasteiger partial charge in [-0.05, 0) is 59.0 Å². The minimum Gasteiger partial charge on any atom is -0.306 e. The van der Waals surface area contributed by atoms with Gasteiger partial charge in [-0.25, -0.2) is 14.5 Å².